The lowest BCUT2D eigenvalue weighted by molar-refractivity contribution is -0.134. The summed E-state index contributed by atoms with van der Waals surface area (Å²) in [4.78, 5) is 23.4. The Bertz CT molecular complexity index is 1320. The highest BCUT2D eigenvalue weighted by Gasteiger charge is 2.25. The normalized spacial score (nSPS) is 18.3. The van der Waals surface area contributed by atoms with Crippen LogP contribution in [0.5, 0.6) is 5.88 Å². The number of methoxy groups -OCH3 is 1. The molecule has 2 aliphatic heterocycles. The molecule has 3 aromatic rings. The second-order valence-electron chi connectivity index (χ2n) is 9.82. The molecule has 10 heteroatoms. The van der Waals surface area contributed by atoms with Gasteiger partial charge in [-0.2, -0.15) is 0 Å². The van der Waals surface area contributed by atoms with Crippen molar-refractivity contribution in [1.29, 1.82) is 0 Å². The number of halogens is 2. The van der Waals surface area contributed by atoms with Crippen molar-refractivity contribution >= 4 is 23.6 Å². The Kier molecular flexibility index (Phi) is 8.91. The lowest BCUT2D eigenvalue weighted by atomic mass is 9.93. The summed E-state index contributed by atoms with van der Waals surface area (Å²) in [5, 5.41) is 0.356. The monoisotopic (exact) mass is 554 g/mol. The number of piperidine rings is 1. The molecule has 5 rings (SSSR count). The van der Waals surface area contributed by atoms with Crippen molar-refractivity contribution in [3.8, 4) is 5.88 Å². The lowest BCUT2D eigenvalue weighted by Gasteiger charge is -2.32. The quantitative estimate of drug-likeness (QED) is 0.258. The maximum absolute atomic E-state index is 14.1. The van der Waals surface area contributed by atoms with Crippen LogP contribution in [0.3, 0.4) is 0 Å². The molecule has 0 N–H and O–H groups in total. The first-order chi connectivity index (χ1) is 19.0. The standard InChI is InChI=1S/C29H32ClFN4O4/c1-37-29(36)8-7-23-16-32-27(35(23)17-24-11-14-38-24)18-34-12-9-20(10-13-34)26-3-2-4-28(33-26)39-19-21-5-6-22(30)15-25(21)31/h2-8,15-16,20,24H,9-14,17-19H2,1H3/b8-7+/t24-/m0/s1. The molecule has 0 aliphatic carbocycles. The smallest absolute Gasteiger partial charge is 0.330 e. The van der Waals surface area contributed by atoms with Gasteiger partial charge in [-0.05, 0) is 56.6 Å². The van der Waals surface area contributed by atoms with E-state index in [1.165, 1.54) is 19.3 Å². The van der Waals surface area contributed by atoms with E-state index in [9.17, 15) is 9.18 Å². The molecule has 1 aromatic carbocycles. The number of aromatic nitrogens is 3. The Morgan fingerprint density at radius 1 is 1.23 bits per heavy atom. The summed E-state index contributed by atoms with van der Waals surface area (Å²) < 4.78 is 32.4. The van der Waals surface area contributed by atoms with Gasteiger partial charge in [-0.15, -0.1) is 0 Å². The van der Waals surface area contributed by atoms with Crippen molar-refractivity contribution in [3.05, 3.63) is 82.3 Å². The number of likely N-dealkylation sites (tertiary alicyclic amines) is 1. The van der Waals surface area contributed by atoms with E-state index in [2.05, 4.69) is 14.5 Å². The Hall–Kier alpha value is -3.27. The second-order valence-corrected chi connectivity index (χ2v) is 10.3. The summed E-state index contributed by atoms with van der Waals surface area (Å²) in [5.41, 5.74) is 2.29. The largest absolute Gasteiger partial charge is 0.473 e. The number of benzene rings is 1. The molecule has 0 bridgehead atoms. The molecule has 0 unspecified atom stereocenters. The number of ether oxygens (including phenoxy) is 3. The molecule has 2 saturated heterocycles. The Morgan fingerprint density at radius 3 is 2.77 bits per heavy atom. The van der Waals surface area contributed by atoms with Crippen molar-refractivity contribution in [2.24, 2.45) is 0 Å². The summed E-state index contributed by atoms with van der Waals surface area (Å²) in [6, 6.07) is 10.3. The van der Waals surface area contributed by atoms with E-state index in [-0.39, 0.29) is 12.7 Å². The maximum atomic E-state index is 14.1. The second kappa shape index (κ2) is 12.7. The fraction of sp³-hybridized carbons (Fsp3) is 0.414. The summed E-state index contributed by atoms with van der Waals surface area (Å²) in [6.45, 7) is 4.13. The van der Waals surface area contributed by atoms with E-state index in [1.54, 1.807) is 30.5 Å². The molecule has 206 valence electrons. The summed E-state index contributed by atoms with van der Waals surface area (Å²) in [5.74, 6) is 0.970. The first-order valence-electron chi connectivity index (χ1n) is 13.2. The van der Waals surface area contributed by atoms with Crippen LogP contribution in [0.15, 0.2) is 48.7 Å². The van der Waals surface area contributed by atoms with Crippen LogP contribution in [-0.4, -0.2) is 58.3 Å². The molecular formula is C29H32ClFN4O4. The van der Waals surface area contributed by atoms with Crippen LogP contribution < -0.4 is 4.74 Å². The number of carbonyl (C=O) groups is 1. The first kappa shape index (κ1) is 27.3. The average Bonchev–Trinajstić information content (AvgIpc) is 3.30. The molecular weight excluding hydrogens is 523 g/mol. The third-order valence-corrected chi connectivity index (χ3v) is 7.48. The molecule has 8 nitrogen and oxygen atoms in total. The van der Waals surface area contributed by atoms with Crippen molar-refractivity contribution in [2.75, 3.05) is 26.8 Å². The van der Waals surface area contributed by atoms with Gasteiger partial charge in [0.1, 0.15) is 18.2 Å². The lowest BCUT2D eigenvalue weighted by Crippen LogP contribution is -2.35. The average molecular weight is 555 g/mol. The fourth-order valence-corrected chi connectivity index (χ4v) is 5.03. The highest BCUT2D eigenvalue weighted by Crippen LogP contribution is 2.29. The molecule has 0 saturated carbocycles. The van der Waals surface area contributed by atoms with E-state index >= 15 is 0 Å². The van der Waals surface area contributed by atoms with Crippen molar-refractivity contribution in [3.63, 3.8) is 0 Å². The zero-order chi connectivity index (χ0) is 27.2. The number of imidazole rings is 1. The zero-order valence-corrected chi connectivity index (χ0v) is 22.6. The van der Waals surface area contributed by atoms with Crippen molar-refractivity contribution in [2.45, 2.75) is 51.0 Å². The minimum absolute atomic E-state index is 0.0905. The van der Waals surface area contributed by atoms with Crippen LogP contribution in [0.2, 0.25) is 5.02 Å². The van der Waals surface area contributed by atoms with Crippen LogP contribution in [0.25, 0.3) is 6.08 Å². The van der Waals surface area contributed by atoms with E-state index in [1.807, 2.05) is 12.1 Å². The number of carbonyl (C=O) groups excluding carboxylic acids is 1. The summed E-state index contributed by atoms with van der Waals surface area (Å²) in [7, 11) is 1.36. The molecule has 0 amide bonds. The van der Waals surface area contributed by atoms with Crippen LogP contribution >= 0.6 is 11.6 Å². The highest BCUT2D eigenvalue weighted by atomic mass is 35.5. The molecule has 2 aliphatic rings. The Balaban J connectivity index is 1.18. The van der Waals surface area contributed by atoms with Gasteiger partial charge in [0, 0.05) is 40.9 Å². The number of esters is 1. The van der Waals surface area contributed by atoms with E-state index in [4.69, 9.17) is 30.8 Å². The van der Waals surface area contributed by atoms with E-state index in [0.29, 0.717) is 28.9 Å². The van der Waals surface area contributed by atoms with Crippen molar-refractivity contribution in [1.82, 2.24) is 19.4 Å². The van der Waals surface area contributed by atoms with Gasteiger partial charge in [0.25, 0.3) is 0 Å². The first-order valence-corrected chi connectivity index (χ1v) is 13.5. The maximum Gasteiger partial charge on any atom is 0.330 e. The van der Waals surface area contributed by atoms with Gasteiger partial charge >= 0.3 is 5.97 Å². The molecule has 0 spiro atoms. The van der Waals surface area contributed by atoms with Gasteiger partial charge < -0.3 is 18.8 Å². The molecule has 2 fully saturated rings. The predicted octanol–water partition coefficient (Wildman–Crippen LogP) is 5.00. The third kappa shape index (κ3) is 7.03. The van der Waals surface area contributed by atoms with Gasteiger partial charge in [0.05, 0.1) is 38.2 Å². The number of pyridine rings is 1. The van der Waals surface area contributed by atoms with Crippen LogP contribution in [0.4, 0.5) is 4.39 Å². The predicted molar refractivity (Wildman–Crippen MR) is 145 cm³/mol. The fourth-order valence-electron chi connectivity index (χ4n) is 4.87. The number of rotatable bonds is 10. The molecule has 2 aromatic heterocycles. The van der Waals surface area contributed by atoms with Crippen LogP contribution in [0.1, 0.15) is 48.0 Å². The topological polar surface area (TPSA) is 78.7 Å². The van der Waals surface area contributed by atoms with Gasteiger partial charge in [-0.1, -0.05) is 23.7 Å². The summed E-state index contributed by atoms with van der Waals surface area (Å²) >= 11 is 5.84. The molecule has 1 atom stereocenters. The SMILES string of the molecule is COC(=O)/C=C/c1cnc(CN2CCC(c3cccc(OCc4ccc(Cl)cc4F)n3)CC2)n1C[C@@H]1CCO1. The number of nitrogens with zero attached hydrogens (tertiary/aromatic N) is 4. The van der Waals surface area contributed by atoms with Gasteiger partial charge in [-0.3, -0.25) is 4.90 Å². The molecule has 39 heavy (non-hydrogen) atoms. The molecule has 4 heterocycles. The van der Waals surface area contributed by atoms with E-state index in [0.717, 1.165) is 62.7 Å². The minimum Gasteiger partial charge on any atom is -0.473 e. The highest BCUT2D eigenvalue weighted by molar-refractivity contribution is 6.30. The third-order valence-electron chi connectivity index (χ3n) is 7.25. The minimum atomic E-state index is -0.397. The zero-order valence-electron chi connectivity index (χ0n) is 21.9. The van der Waals surface area contributed by atoms with Gasteiger partial charge in [-0.25, -0.2) is 19.2 Å². The van der Waals surface area contributed by atoms with Gasteiger partial charge in [0.2, 0.25) is 5.88 Å². The van der Waals surface area contributed by atoms with Crippen molar-refractivity contribution < 1.29 is 23.4 Å². The number of hydrogen-bond donors (Lipinski definition) is 0. The molecule has 0 radical (unpaired) electrons. The van der Waals surface area contributed by atoms with E-state index < -0.39 is 11.8 Å². The summed E-state index contributed by atoms with van der Waals surface area (Å²) in [6.07, 6.45) is 8.08. The van der Waals surface area contributed by atoms with Crippen LogP contribution in [-0.2, 0) is 34.0 Å². The van der Waals surface area contributed by atoms with Crippen LogP contribution in [0, 0.1) is 5.82 Å². The number of hydrogen-bond acceptors (Lipinski definition) is 7. The Morgan fingerprint density at radius 2 is 2.05 bits per heavy atom. The van der Waals surface area contributed by atoms with Gasteiger partial charge in [0.15, 0.2) is 0 Å². The Labute approximate surface area is 232 Å².